The van der Waals surface area contributed by atoms with E-state index >= 15 is 0 Å². The number of amides is 1. The zero-order valence-electron chi connectivity index (χ0n) is 11.9. The lowest BCUT2D eigenvalue weighted by molar-refractivity contribution is 0.0956. The lowest BCUT2D eigenvalue weighted by atomic mass is 10.1. The number of carbonyl (C=O) groups excluding carboxylic acids is 1. The summed E-state index contributed by atoms with van der Waals surface area (Å²) in [4.78, 5) is 16.4. The van der Waals surface area contributed by atoms with Crippen LogP contribution in [-0.4, -0.2) is 22.0 Å². The number of aromatic nitrogens is 2. The second-order valence-electron chi connectivity index (χ2n) is 5.03. The lowest BCUT2D eigenvalue weighted by Crippen LogP contribution is -2.25. The molecule has 0 saturated carbocycles. The topological polar surface area (TPSA) is 46.9 Å². The van der Waals surface area contributed by atoms with Gasteiger partial charge in [-0.15, -0.1) is 0 Å². The molecule has 2 heterocycles. The summed E-state index contributed by atoms with van der Waals surface area (Å²) in [5, 5.41) is 3.96. The molecule has 0 atom stereocenters. The maximum absolute atomic E-state index is 12.3. The smallest absolute Gasteiger partial charge is 0.251 e. The van der Waals surface area contributed by atoms with Crippen LogP contribution in [0.3, 0.4) is 0 Å². The fraction of sp³-hybridized carbons (Fsp3) is 0.176. The van der Waals surface area contributed by atoms with Crippen molar-refractivity contribution >= 4 is 16.8 Å². The molecule has 1 aromatic carbocycles. The monoisotopic (exact) mass is 279 g/mol. The lowest BCUT2D eigenvalue weighted by Gasteiger charge is -2.07. The first-order chi connectivity index (χ1) is 10.3. The van der Waals surface area contributed by atoms with Crippen molar-refractivity contribution in [2.24, 2.45) is 7.05 Å². The van der Waals surface area contributed by atoms with Gasteiger partial charge in [0.2, 0.25) is 0 Å². The van der Waals surface area contributed by atoms with E-state index in [9.17, 15) is 4.79 Å². The van der Waals surface area contributed by atoms with Crippen LogP contribution in [0.5, 0.6) is 0 Å². The molecule has 1 N–H and O–H groups in total. The number of hydrogen-bond acceptors (Lipinski definition) is 2. The average Bonchev–Trinajstić information content (AvgIpc) is 2.90. The predicted molar refractivity (Wildman–Crippen MR) is 83.2 cm³/mol. The van der Waals surface area contributed by atoms with Gasteiger partial charge in [0.25, 0.3) is 5.91 Å². The van der Waals surface area contributed by atoms with Crippen molar-refractivity contribution in [3.63, 3.8) is 0 Å². The maximum Gasteiger partial charge on any atom is 0.251 e. The minimum atomic E-state index is -0.0318. The zero-order valence-corrected chi connectivity index (χ0v) is 11.9. The van der Waals surface area contributed by atoms with Gasteiger partial charge < -0.3 is 9.88 Å². The summed E-state index contributed by atoms with van der Waals surface area (Å²) in [6.07, 6.45) is 6.32. The van der Waals surface area contributed by atoms with Crippen LogP contribution in [0.2, 0.25) is 0 Å². The molecule has 21 heavy (non-hydrogen) atoms. The van der Waals surface area contributed by atoms with Crippen LogP contribution in [-0.2, 0) is 13.5 Å². The summed E-state index contributed by atoms with van der Waals surface area (Å²) in [5.74, 6) is -0.0318. The third kappa shape index (κ3) is 2.79. The van der Waals surface area contributed by atoms with E-state index in [2.05, 4.69) is 10.3 Å². The number of nitrogens with one attached hydrogen (secondary N) is 1. The predicted octanol–water partition coefficient (Wildman–Crippen LogP) is 2.55. The van der Waals surface area contributed by atoms with Gasteiger partial charge in [-0.3, -0.25) is 9.78 Å². The zero-order chi connectivity index (χ0) is 14.7. The highest BCUT2D eigenvalue weighted by Gasteiger charge is 2.10. The van der Waals surface area contributed by atoms with E-state index < -0.39 is 0 Å². The largest absolute Gasteiger partial charge is 0.352 e. The summed E-state index contributed by atoms with van der Waals surface area (Å²) in [6.45, 7) is 0.605. The molecule has 0 saturated heterocycles. The van der Waals surface area contributed by atoms with Crippen LogP contribution in [0.15, 0.2) is 55.0 Å². The van der Waals surface area contributed by atoms with Crippen molar-refractivity contribution in [1.29, 1.82) is 0 Å². The summed E-state index contributed by atoms with van der Waals surface area (Å²) in [6, 6.07) is 11.7. The van der Waals surface area contributed by atoms with Gasteiger partial charge in [0.05, 0.1) is 0 Å². The Balaban J connectivity index is 1.70. The van der Waals surface area contributed by atoms with Gasteiger partial charge in [0.1, 0.15) is 0 Å². The Morgan fingerprint density at radius 1 is 1.24 bits per heavy atom. The summed E-state index contributed by atoms with van der Waals surface area (Å²) >= 11 is 0. The first kappa shape index (κ1) is 13.4. The summed E-state index contributed by atoms with van der Waals surface area (Å²) < 4.78 is 2.02. The van der Waals surface area contributed by atoms with Crippen molar-refractivity contribution < 1.29 is 4.79 Å². The maximum atomic E-state index is 12.3. The van der Waals surface area contributed by atoms with E-state index in [-0.39, 0.29) is 5.91 Å². The molecule has 0 bridgehead atoms. The van der Waals surface area contributed by atoms with Gasteiger partial charge in [-0.05, 0) is 36.2 Å². The fourth-order valence-electron chi connectivity index (χ4n) is 2.46. The van der Waals surface area contributed by atoms with Gasteiger partial charge in [0, 0.05) is 48.6 Å². The minimum Gasteiger partial charge on any atom is -0.352 e. The highest BCUT2D eigenvalue weighted by atomic mass is 16.1. The first-order valence-corrected chi connectivity index (χ1v) is 6.97. The van der Waals surface area contributed by atoms with E-state index in [1.54, 1.807) is 6.20 Å². The van der Waals surface area contributed by atoms with Gasteiger partial charge in [-0.1, -0.05) is 12.1 Å². The molecule has 0 aliphatic rings. The molecule has 0 aliphatic carbocycles. The van der Waals surface area contributed by atoms with Crippen molar-refractivity contribution in [2.75, 3.05) is 6.54 Å². The number of pyridine rings is 1. The molecule has 0 radical (unpaired) electrons. The molecule has 3 rings (SSSR count). The van der Waals surface area contributed by atoms with Crippen molar-refractivity contribution in [2.45, 2.75) is 6.42 Å². The van der Waals surface area contributed by atoms with E-state index in [1.165, 1.54) is 0 Å². The Bertz CT molecular complexity index is 762. The van der Waals surface area contributed by atoms with E-state index in [1.807, 2.05) is 60.4 Å². The number of aryl methyl sites for hydroxylation is 1. The average molecular weight is 279 g/mol. The Hall–Kier alpha value is -2.62. The van der Waals surface area contributed by atoms with Crippen LogP contribution in [0.25, 0.3) is 10.9 Å². The minimum absolute atomic E-state index is 0.0318. The Morgan fingerprint density at radius 2 is 2.14 bits per heavy atom. The molecule has 0 spiro atoms. The third-order valence-electron chi connectivity index (χ3n) is 3.59. The van der Waals surface area contributed by atoms with Crippen LogP contribution in [0.4, 0.5) is 0 Å². The second kappa shape index (κ2) is 5.79. The second-order valence-corrected chi connectivity index (χ2v) is 5.03. The van der Waals surface area contributed by atoms with Gasteiger partial charge >= 0.3 is 0 Å². The number of benzene rings is 1. The van der Waals surface area contributed by atoms with E-state index in [0.29, 0.717) is 6.54 Å². The number of fused-ring (bicyclic) bond motifs is 1. The Kier molecular flexibility index (Phi) is 3.69. The molecule has 0 unspecified atom stereocenters. The van der Waals surface area contributed by atoms with Crippen molar-refractivity contribution in [1.82, 2.24) is 14.9 Å². The summed E-state index contributed by atoms with van der Waals surface area (Å²) in [5.41, 5.74) is 2.91. The van der Waals surface area contributed by atoms with Crippen LogP contribution >= 0.6 is 0 Å². The molecule has 3 aromatic rings. The number of carbonyl (C=O) groups is 1. The molecule has 106 valence electrons. The molecular formula is C17H17N3O. The molecule has 0 fully saturated rings. The first-order valence-electron chi connectivity index (χ1n) is 6.97. The molecular weight excluding hydrogens is 262 g/mol. The van der Waals surface area contributed by atoms with Crippen LogP contribution in [0, 0.1) is 0 Å². The highest BCUT2D eigenvalue weighted by molar-refractivity contribution is 6.06. The third-order valence-corrected chi connectivity index (χ3v) is 3.59. The van der Waals surface area contributed by atoms with E-state index in [0.717, 1.165) is 28.5 Å². The van der Waals surface area contributed by atoms with Crippen molar-refractivity contribution in [3.8, 4) is 0 Å². The van der Waals surface area contributed by atoms with Gasteiger partial charge in [-0.2, -0.15) is 0 Å². The highest BCUT2D eigenvalue weighted by Crippen LogP contribution is 2.19. The van der Waals surface area contributed by atoms with Crippen LogP contribution in [0.1, 0.15) is 15.9 Å². The SMILES string of the molecule is Cn1ccc2c(C(=O)NCCc3cccnc3)cccc21. The fourth-order valence-corrected chi connectivity index (χ4v) is 2.46. The molecule has 4 nitrogen and oxygen atoms in total. The normalized spacial score (nSPS) is 10.7. The Labute approximate surface area is 123 Å². The van der Waals surface area contributed by atoms with E-state index in [4.69, 9.17) is 0 Å². The number of nitrogens with zero attached hydrogens (tertiary/aromatic N) is 2. The number of rotatable bonds is 4. The van der Waals surface area contributed by atoms with Gasteiger partial charge in [0.15, 0.2) is 0 Å². The van der Waals surface area contributed by atoms with Crippen LogP contribution < -0.4 is 5.32 Å². The number of hydrogen-bond donors (Lipinski definition) is 1. The molecule has 0 aliphatic heterocycles. The quantitative estimate of drug-likeness (QED) is 0.798. The van der Waals surface area contributed by atoms with Gasteiger partial charge in [-0.25, -0.2) is 0 Å². The van der Waals surface area contributed by atoms with Crippen molar-refractivity contribution in [3.05, 3.63) is 66.1 Å². The molecule has 4 heteroatoms. The Morgan fingerprint density at radius 3 is 2.95 bits per heavy atom. The molecule has 2 aromatic heterocycles. The standard InChI is InChI=1S/C17H17N3O/c1-20-11-8-14-15(5-2-6-16(14)20)17(21)19-10-7-13-4-3-9-18-12-13/h2-6,8-9,11-12H,7,10H2,1H3,(H,19,21). The molecule has 1 amide bonds. The summed E-state index contributed by atoms with van der Waals surface area (Å²) in [7, 11) is 1.98.